The quantitative estimate of drug-likeness (QED) is 0.690. The van der Waals surface area contributed by atoms with Crippen LogP contribution in [0.3, 0.4) is 0 Å². The van der Waals surface area contributed by atoms with Gasteiger partial charge in [0.1, 0.15) is 6.10 Å². The third kappa shape index (κ3) is 5.67. The normalized spacial score (nSPS) is 20.7. The fraction of sp³-hybridized carbons (Fsp3) is 0.579. The second-order valence-corrected chi connectivity index (χ2v) is 6.23. The van der Waals surface area contributed by atoms with Gasteiger partial charge < -0.3 is 4.74 Å². The molecule has 0 radical (unpaired) electrons. The molecule has 124 valence electrons. The van der Waals surface area contributed by atoms with E-state index in [4.69, 9.17) is 10.00 Å². The van der Waals surface area contributed by atoms with E-state index in [1.807, 2.05) is 12.1 Å². The van der Waals surface area contributed by atoms with Crippen molar-refractivity contribution in [3.8, 4) is 6.07 Å². The SMILES string of the molecule is N#CCCc1ccc(C(=O)O[C@H]2CC[C@H](CCCF)CC2)cc1. The number of carbonyl (C=O) groups is 1. The molecule has 23 heavy (non-hydrogen) atoms. The highest BCUT2D eigenvalue weighted by Gasteiger charge is 2.24. The Kier molecular flexibility index (Phi) is 7.06. The highest BCUT2D eigenvalue weighted by atomic mass is 19.1. The third-order valence-corrected chi connectivity index (χ3v) is 4.53. The molecule has 0 unspecified atom stereocenters. The number of rotatable bonds is 7. The molecule has 0 atom stereocenters. The number of nitriles is 1. The molecule has 0 heterocycles. The fourth-order valence-electron chi connectivity index (χ4n) is 3.13. The first-order valence-electron chi connectivity index (χ1n) is 8.45. The first-order valence-corrected chi connectivity index (χ1v) is 8.45. The van der Waals surface area contributed by atoms with Crippen LogP contribution in [-0.4, -0.2) is 18.7 Å². The van der Waals surface area contributed by atoms with Crippen molar-refractivity contribution in [1.29, 1.82) is 5.26 Å². The van der Waals surface area contributed by atoms with E-state index in [1.165, 1.54) is 0 Å². The van der Waals surface area contributed by atoms with E-state index in [0.29, 0.717) is 30.7 Å². The van der Waals surface area contributed by atoms with Gasteiger partial charge in [-0.15, -0.1) is 0 Å². The maximum Gasteiger partial charge on any atom is 0.338 e. The lowest BCUT2D eigenvalue weighted by Gasteiger charge is -2.28. The molecule has 1 saturated carbocycles. The van der Waals surface area contributed by atoms with Gasteiger partial charge in [0.2, 0.25) is 0 Å². The number of halogens is 1. The smallest absolute Gasteiger partial charge is 0.338 e. The van der Waals surface area contributed by atoms with Crippen LogP contribution in [0.2, 0.25) is 0 Å². The minimum atomic E-state index is -0.274. The molecule has 1 fully saturated rings. The van der Waals surface area contributed by atoms with Crippen LogP contribution in [0.5, 0.6) is 0 Å². The van der Waals surface area contributed by atoms with E-state index in [1.54, 1.807) is 12.1 Å². The van der Waals surface area contributed by atoms with Crippen LogP contribution < -0.4 is 0 Å². The molecular weight excluding hydrogens is 293 g/mol. The van der Waals surface area contributed by atoms with E-state index in [9.17, 15) is 9.18 Å². The van der Waals surface area contributed by atoms with Gasteiger partial charge in [-0.05, 0) is 68.6 Å². The highest BCUT2D eigenvalue weighted by Crippen LogP contribution is 2.29. The molecule has 1 aliphatic carbocycles. The van der Waals surface area contributed by atoms with Crippen LogP contribution in [0.4, 0.5) is 4.39 Å². The van der Waals surface area contributed by atoms with Crippen LogP contribution >= 0.6 is 0 Å². The molecule has 1 aliphatic rings. The summed E-state index contributed by atoms with van der Waals surface area (Å²) in [6, 6.07) is 9.40. The van der Waals surface area contributed by atoms with E-state index in [0.717, 1.165) is 37.7 Å². The van der Waals surface area contributed by atoms with Gasteiger partial charge in [0.25, 0.3) is 0 Å². The molecule has 3 nitrogen and oxygen atoms in total. The molecule has 2 rings (SSSR count). The summed E-state index contributed by atoms with van der Waals surface area (Å²) in [5.74, 6) is 0.309. The Hall–Kier alpha value is -1.89. The third-order valence-electron chi connectivity index (χ3n) is 4.53. The Morgan fingerprint density at radius 2 is 1.91 bits per heavy atom. The van der Waals surface area contributed by atoms with E-state index in [-0.39, 0.29) is 18.7 Å². The molecule has 4 heteroatoms. The number of carbonyl (C=O) groups excluding carboxylic acids is 1. The number of esters is 1. The lowest BCUT2D eigenvalue weighted by Crippen LogP contribution is -2.24. The van der Waals surface area contributed by atoms with Gasteiger partial charge in [0.15, 0.2) is 0 Å². The Morgan fingerprint density at radius 1 is 1.22 bits per heavy atom. The summed E-state index contributed by atoms with van der Waals surface area (Å²) in [6.45, 7) is -0.237. The summed E-state index contributed by atoms with van der Waals surface area (Å²) < 4.78 is 17.8. The van der Waals surface area contributed by atoms with Crippen LogP contribution in [0.15, 0.2) is 24.3 Å². The largest absolute Gasteiger partial charge is 0.459 e. The topological polar surface area (TPSA) is 50.1 Å². The zero-order chi connectivity index (χ0) is 16.5. The van der Waals surface area contributed by atoms with Crippen LogP contribution in [0.1, 0.15) is 60.9 Å². The molecule has 0 amide bonds. The number of benzene rings is 1. The standard InChI is InChI=1S/C19H24FNO2/c20-13-1-3-15-7-11-18(12-8-15)23-19(22)17-9-5-16(6-10-17)4-2-14-21/h5-6,9-10,15,18H,1-4,7-8,11-13H2/t15-,18-. The van der Waals surface area contributed by atoms with E-state index < -0.39 is 0 Å². The molecular formula is C19H24FNO2. The van der Waals surface area contributed by atoms with E-state index in [2.05, 4.69) is 6.07 Å². The molecule has 1 aromatic carbocycles. The summed E-state index contributed by atoms with van der Waals surface area (Å²) in [5.41, 5.74) is 1.61. The average molecular weight is 317 g/mol. The zero-order valence-corrected chi connectivity index (χ0v) is 13.5. The summed E-state index contributed by atoms with van der Waals surface area (Å²) in [6.07, 6.45) is 6.56. The van der Waals surface area contributed by atoms with Gasteiger partial charge in [-0.25, -0.2) is 4.79 Å². The Morgan fingerprint density at radius 3 is 2.52 bits per heavy atom. The van der Waals surface area contributed by atoms with Crippen LogP contribution in [-0.2, 0) is 11.2 Å². The lowest BCUT2D eigenvalue weighted by atomic mass is 9.84. The summed E-state index contributed by atoms with van der Waals surface area (Å²) in [4.78, 5) is 12.2. The van der Waals surface area contributed by atoms with Gasteiger partial charge in [0, 0.05) is 6.42 Å². The highest BCUT2D eigenvalue weighted by molar-refractivity contribution is 5.89. The van der Waals surface area contributed by atoms with Crippen LogP contribution in [0, 0.1) is 17.2 Å². The lowest BCUT2D eigenvalue weighted by molar-refractivity contribution is 0.0160. The summed E-state index contributed by atoms with van der Waals surface area (Å²) >= 11 is 0. The molecule has 0 bridgehead atoms. The number of nitrogens with zero attached hydrogens (tertiary/aromatic N) is 1. The summed E-state index contributed by atoms with van der Waals surface area (Å²) in [5, 5.41) is 8.58. The van der Waals surface area contributed by atoms with Crippen molar-refractivity contribution in [2.75, 3.05) is 6.67 Å². The number of hydrogen-bond donors (Lipinski definition) is 0. The van der Waals surface area contributed by atoms with Crippen LogP contribution in [0.25, 0.3) is 0 Å². The number of aryl methyl sites for hydroxylation is 1. The minimum absolute atomic E-state index is 0.0117. The zero-order valence-electron chi connectivity index (χ0n) is 13.5. The number of hydrogen-bond acceptors (Lipinski definition) is 3. The predicted molar refractivity (Wildman–Crippen MR) is 86.7 cm³/mol. The fourth-order valence-corrected chi connectivity index (χ4v) is 3.13. The van der Waals surface area contributed by atoms with Crippen molar-refractivity contribution >= 4 is 5.97 Å². The maximum atomic E-state index is 12.2. The van der Waals surface area contributed by atoms with Crippen molar-refractivity contribution in [2.24, 2.45) is 5.92 Å². The van der Waals surface area contributed by atoms with Crippen molar-refractivity contribution in [1.82, 2.24) is 0 Å². The van der Waals surface area contributed by atoms with Crippen molar-refractivity contribution in [2.45, 2.75) is 57.5 Å². The summed E-state index contributed by atoms with van der Waals surface area (Å²) in [7, 11) is 0. The minimum Gasteiger partial charge on any atom is -0.459 e. The van der Waals surface area contributed by atoms with Crippen molar-refractivity contribution in [3.63, 3.8) is 0 Å². The molecule has 0 aromatic heterocycles. The molecule has 0 N–H and O–H groups in total. The first kappa shape index (κ1) is 17.5. The molecule has 0 saturated heterocycles. The van der Waals surface area contributed by atoms with E-state index >= 15 is 0 Å². The Balaban J connectivity index is 1.77. The maximum absolute atomic E-state index is 12.2. The van der Waals surface area contributed by atoms with Gasteiger partial charge >= 0.3 is 5.97 Å². The van der Waals surface area contributed by atoms with Gasteiger partial charge in [0.05, 0.1) is 18.3 Å². The number of ether oxygens (including phenoxy) is 1. The second kappa shape index (κ2) is 9.29. The molecule has 1 aromatic rings. The molecule has 0 aliphatic heterocycles. The van der Waals surface area contributed by atoms with Gasteiger partial charge in [-0.2, -0.15) is 5.26 Å². The van der Waals surface area contributed by atoms with Crippen molar-refractivity contribution < 1.29 is 13.9 Å². The predicted octanol–water partition coefficient (Wildman–Crippen LogP) is 4.61. The Bertz CT molecular complexity index is 527. The van der Waals surface area contributed by atoms with Gasteiger partial charge in [-0.1, -0.05) is 12.1 Å². The van der Waals surface area contributed by atoms with Gasteiger partial charge in [-0.3, -0.25) is 4.39 Å². The second-order valence-electron chi connectivity index (χ2n) is 6.23. The number of alkyl halides is 1. The van der Waals surface area contributed by atoms with Crippen molar-refractivity contribution in [3.05, 3.63) is 35.4 Å². The first-order chi connectivity index (χ1) is 11.2. The Labute approximate surface area is 137 Å². The monoisotopic (exact) mass is 317 g/mol. The molecule has 0 spiro atoms. The average Bonchev–Trinajstić information content (AvgIpc) is 2.59.